The van der Waals surface area contributed by atoms with Crippen LogP contribution >= 0.6 is 24.6 Å². The van der Waals surface area contributed by atoms with Gasteiger partial charge in [0.2, 0.25) is 5.91 Å². The van der Waals surface area contributed by atoms with Gasteiger partial charge in [0, 0.05) is 13.0 Å². The monoisotopic (exact) mass is 680 g/mol. The van der Waals surface area contributed by atoms with E-state index in [1.54, 1.807) is 18.8 Å². The van der Waals surface area contributed by atoms with E-state index in [0.717, 1.165) is 58.5 Å². The fourth-order valence-corrected chi connectivity index (χ4v) is 5.21. The fraction of sp³-hybridized carbons (Fsp3) is 0.364. The van der Waals surface area contributed by atoms with Gasteiger partial charge >= 0.3 is 6.18 Å². The zero-order valence-electron chi connectivity index (χ0n) is 26.4. The standard InChI is InChI=1S/C29H27F4N3O.C2H6S.CH5NS.CH2O2/c1-17-34-26-15-21(10-13-27(26)36(17)2)19-8-6-18(7-9-19)20-4-3-5-22(14-20)28(37)35-25-12-11-23(16-24(25)30)29(31,32)33;1-3-2;1-2-3;2-1-3/h6-13,15-16,20,22H,3-5,14H2,1-2H3,(H,35,37);1-2H3;2-3H,1H3;1H,(H,2,3). The number of hydrogen-bond donors (Lipinski definition) is 4. The lowest BCUT2D eigenvalue weighted by Gasteiger charge is -2.29. The van der Waals surface area contributed by atoms with E-state index < -0.39 is 17.6 Å². The molecule has 5 rings (SSSR count). The zero-order chi connectivity index (χ0) is 34.4. The van der Waals surface area contributed by atoms with Gasteiger partial charge in [-0.3, -0.25) is 14.3 Å². The topological polar surface area (TPSA) is 96.3 Å². The molecule has 1 fully saturated rings. The average molecular weight is 681 g/mol. The van der Waals surface area contributed by atoms with E-state index in [2.05, 4.69) is 74.9 Å². The van der Waals surface area contributed by atoms with Gasteiger partial charge in [0.1, 0.15) is 11.6 Å². The van der Waals surface area contributed by atoms with Gasteiger partial charge in [-0.1, -0.05) is 49.6 Å². The minimum atomic E-state index is -4.64. The molecule has 2 unspecified atom stereocenters. The number of rotatable bonds is 4. The number of halogens is 4. The number of fused-ring (bicyclic) bond motifs is 1. The molecular formula is C33H40F4N4O3S2. The molecule has 0 aliphatic heterocycles. The normalized spacial score (nSPS) is 15.7. The Bertz CT molecular complexity index is 1560. The Kier molecular flexibility index (Phi) is 15.6. The third-order valence-electron chi connectivity index (χ3n) is 7.42. The summed E-state index contributed by atoms with van der Waals surface area (Å²) in [6.07, 6.45) is 2.49. The van der Waals surface area contributed by atoms with Gasteiger partial charge in [-0.15, -0.1) is 0 Å². The second-order valence-corrected chi connectivity index (χ2v) is 11.8. The maximum atomic E-state index is 14.2. The number of carboxylic acid groups (broad SMARTS) is 1. The highest BCUT2D eigenvalue weighted by Gasteiger charge is 2.32. The van der Waals surface area contributed by atoms with Crippen LogP contribution < -0.4 is 10.0 Å². The van der Waals surface area contributed by atoms with E-state index >= 15 is 0 Å². The minimum absolute atomic E-state index is 0.178. The number of anilines is 1. The molecular weight excluding hydrogens is 641 g/mol. The summed E-state index contributed by atoms with van der Waals surface area (Å²) in [7, 11) is 3.74. The van der Waals surface area contributed by atoms with Crippen molar-refractivity contribution < 1.29 is 32.3 Å². The summed E-state index contributed by atoms with van der Waals surface area (Å²) in [5.41, 5.74) is 4.02. The van der Waals surface area contributed by atoms with Crippen LogP contribution in [0.4, 0.5) is 23.2 Å². The summed E-state index contributed by atoms with van der Waals surface area (Å²) in [5.74, 6) is -0.657. The molecule has 7 nitrogen and oxygen atoms in total. The van der Waals surface area contributed by atoms with Gasteiger partial charge in [-0.25, -0.2) is 9.37 Å². The average Bonchev–Trinajstić information content (AvgIpc) is 3.31. The Morgan fingerprint density at radius 3 is 2.22 bits per heavy atom. The molecule has 13 heteroatoms. The molecule has 250 valence electrons. The number of aryl methyl sites for hydroxylation is 2. The molecule has 0 radical (unpaired) electrons. The van der Waals surface area contributed by atoms with Crippen molar-refractivity contribution in [3.8, 4) is 11.1 Å². The van der Waals surface area contributed by atoms with Crippen LogP contribution in [-0.4, -0.2) is 46.6 Å². The van der Waals surface area contributed by atoms with Gasteiger partial charge in [0.05, 0.1) is 22.3 Å². The summed E-state index contributed by atoms with van der Waals surface area (Å²) >= 11 is 5.29. The number of nitrogens with one attached hydrogen (secondary N) is 2. The van der Waals surface area contributed by atoms with Crippen molar-refractivity contribution >= 4 is 53.7 Å². The first-order valence-electron chi connectivity index (χ1n) is 14.3. The smallest absolute Gasteiger partial charge is 0.416 e. The highest BCUT2D eigenvalue weighted by Crippen LogP contribution is 2.38. The van der Waals surface area contributed by atoms with Crippen molar-refractivity contribution in [2.24, 2.45) is 13.0 Å². The largest absolute Gasteiger partial charge is 0.483 e. The van der Waals surface area contributed by atoms with Crippen LogP contribution in [-0.2, 0) is 22.8 Å². The highest BCUT2D eigenvalue weighted by molar-refractivity contribution is 7.97. The first-order valence-corrected chi connectivity index (χ1v) is 16.4. The Balaban J connectivity index is 0.000000736. The predicted octanol–water partition coefficient (Wildman–Crippen LogP) is 8.35. The van der Waals surface area contributed by atoms with Crippen LogP contribution in [0.25, 0.3) is 22.2 Å². The molecule has 0 spiro atoms. The quantitative estimate of drug-likeness (QED) is 0.0984. The van der Waals surface area contributed by atoms with Crippen molar-refractivity contribution in [1.29, 1.82) is 0 Å². The van der Waals surface area contributed by atoms with Crippen LogP contribution in [0.5, 0.6) is 0 Å². The van der Waals surface area contributed by atoms with Gasteiger partial charge < -0.3 is 15.0 Å². The Morgan fingerprint density at radius 1 is 1.07 bits per heavy atom. The molecule has 1 amide bonds. The molecule has 1 aromatic heterocycles. The number of alkyl halides is 3. The Hall–Kier alpha value is -3.55. The van der Waals surface area contributed by atoms with Crippen molar-refractivity contribution in [3.05, 3.63) is 83.4 Å². The molecule has 1 aliphatic carbocycles. The zero-order valence-corrected chi connectivity index (χ0v) is 28.1. The van der Waals surface area contributed by atoms with E-state index in [1.807, 2.05) is 26.5 Å². The number of thioether (sulfide) groups is 1. The van der Waals surface area contributed by atoms with Gasteiger partial charge in [0.25, 0.3) is 6.47 Å². The molecule has 1 heterocycles. The molecule has 0 saturated heterocycles. The number of thiol groups is 1. The molecule has 1 saturated carbocycles. The maximum absolute atomic E-state index is 14.2. The van der Waals surface area contributed by atoms with Gasteiger partial charge in [-0.05, 0) is 98.7 Å². The number of benzene rings is 3. The molecule has 3 N–H and O–H groups in total. The number of aromatic nitrogens is 2. The van der Waals surface area contributed by atoms with E-state index in [1.165, 1.54) is 0 Å². The molecule has 1 aliphatic rings. The molecule has 0 bridgehead atoms. The number of hydrogen-bond acceptors (Lipinski definition) is 6. The second kappa shape index (κ2) is 18.6. The maximum Gasteiger partial charge on any atom is 0.416 e. The van der Waals surface area contributed by atoms with E-state index in [4.69, 9.17) is 9.90 Å². The Morgan fingerprint density at radius 2 is 1.65 bits per heavy atom. The number of nitrogens with zero attached hydrogens (tertiary/aromatic N) is 2. The lowest BCUT2D eigenvalue weighted by molar-refractivity contribution is -0.137. The van der Waals surface area contributed by atoms with Crippen LogP contribution in [0.15, 0.2) is 60.7 Å². The van der Waals surface area contributed by atoms with Crippen molar-refractivity contribution in [2.45, 2.75) is 44.7 Å². The van der Waals surface area contributed by atoms with Crippen LogP contribution in [0.2, 0.25) is 0 Å². The first-order chi connectivity index (χ1) is 21.8. The predicted molar refractivity (Wildman–Crippen MR) is 182 cm³/mol. The van der Waals surface area contributed by atoms with Crippen LogP contribution in [0.3, 0.4) is 0 Å². The second-order valence-electron chi connectivity index (χ2n) is 10.5. The number of amides is 1. The molecule has 3 aromatic carbocycles. The molecule has 4 aromatic rings. The van der Waals surface area contributed by atoms with E-state index in [0.29, 0.717) is 18.9 Å². The van der Waals surface area contributed by atoms with Crippen molar-refractivity contribution in [2.75, 3.05) is 24.9 Å². The lowest BCUT2D eigenvalue weighted by Crippen LogP contribution is -2.28. The number of carbonyl (C=O) groups is 2. The van der Waals surface area contributed by atoms with Crippen LogP contribution in [0.1, 0.15) is 48.6 Å². The SMILES string of the molecule is CNS.CSC.Cc1nc2cc(-c3ccc(C4CCCC(C(=O)Nc5ccc(C(F)(F)F)cc5F)C4)cc3)ccc2n1C.O=CO. The summed E-state index contributed by atoms with van der Waals surface area (Å²) in [6, 6.07) is 16.7. The summed E-state index contributed by atoms with van der Waals surface area (Å²) in [4.78, 5) is 25.8. The summed E-state index contributed by atoms with van der Waals surface area (Å²) < 4.78 is 57.1. The molecule has 46 heavy (non-hydrogen) atoms. The third-order valence-corrected chi connectivity index (χ3v) is 7.42. The fourth-order valence-electron chi connectivity index (χ4n) is 5.21. The minimum Gasteiger partial charge on any atom is -0.483 e. The first kappa shape index (κ1) is 38.6. The summed E-state index contributed by atoms with van der Waals surface area (Å²) in [5, 5.41) is 9.38. The Labute approximate surface area is 276 Å². The van der Waals surface area contributed by atoms with Gasteiger partial charge in [-0.2, -0.15) is 24.9 Å². The number of carbonyl (C=O) groups excluding carboxylic acids is 1. The van der Waals surface area contributed by atoms with Crippen molar-refractivity contribution in [3.63, 3.8) is 0 Å². The van der Waals surface area contributed by atoms with Gasteiger partial charge in [0.15, 0.2) is 0 Å². The summed E-state index contributed by atoms with van der Waals surface area (Å²) in [6.45, 7) is 1.73. The third kappa shape index (κ3) is 10.8. The number of imidazole rings is 1. The van der Waals surface area contributed by atoms with Crippen molar-refractivity contribution in [1.82, 2.24) is 14.3 Å². The molecule has 2 atom stereocenters. The lowest BCUT2D eigenvalue weighted by atomic mass is 9.77. The van der Waals surface area contributed by atoms with E-state index in [-0.39, 0.29) is 29.9 Å². The van der Waals surface area contributed by atoms with E-state index in [9.17, 15) is 22.4 Å². The van der Waals surface area contributed by atoms with Crippen LogP contribution in [0, 0.1) is 18.7 Å². The highest BCUT2D eigenvalue weighted by atomic mass is 32.2.